The number of pyridine rings is 1. The Morgan fingerprint density at radius 2 is 2.11 bits per heavy atom. The third-order valence-electron chi connectivity index (χ3n) is 2.24. The highest BCUT2D eigenvalue weighted by molar-refractivity contribution is 9.10. The van der Waals surface area contributed by atoms with E-state index in [4.69, 9.17) is 5.73 Å². The van der Waals surface area contributed by atoms with Gasteiger partial charge in [0.2, 0.25) is 0 Å². The van der Waals surface area contributed by atoms with Gasteiger partial charge in [-0.2, -0.15) is 0 Å². The van der Waals surface area contributed by atoms with Gasteiger partial charge in [-0.15, -0.1) is 0 Å². The van der Waals surface area contributed by atoms with Crippen LogP contribution in [-0.4, -0.2) is 10.9 Å². The summed E-state index contributed by atoms with van der Waals surface area (Å²) in [6.45, 7) is 0. The molecule has 3 N–H and O–H groups in total. The Bertz CT molecular complexity index is 586. The first-order valence-corrected chi connectivity index (χ1v) is 5.84. The Morgan fingerprint density at radius 3 is 2.78 bits per heavy atom. The van der Waals surface area contributed by atoms with E-state index < -0.39 is 11.7 Å². The summed E-state index contributed by atoms with van der Waals surface area (Å²) in [5.41, 5.74) is 6.14. The number of carbonyl (C=O) groups is 1. The Hall–Kier alpha value is -1.95. The van der Waals surface area contributed by atoms with Crippen LogP contribution in [0.1, 0.15) is 10.4 Å². The molecule has 0 fully saturated rings. The second-order valence-corrected chi connectivity index (χ2v) is 4.32. The number of hydrogen-bond acceptors (Lipinski definition) is 3. The highest BCUT2D eigenvalue weighted by Crippen LogP contribution is 2.21. The summed E-state index contributed by atoms with van der Waals surface area (Å²) in [5, 5.41) is 2.60. The number of nitrogens with two attached hydrogens (primary N) is 1. The summed E-state index contributed by atoms with van der Waals surface area (Å²) in [7, 11) is 0. The molecule has 6 heteroatoms. The summed E-state index contributed by atoms with van der Waals surface area (Å²) < 4.78 is 13.4. The molecular formula is C12H9BrFN3O. The third kappa shape index (κ3) is 2.65. The molecule has 4 nitrogen and oxygen atoms in total. The molecule has 0 bridgehead atoms. The van der Waals surface area contributed by atoms with Crippen LogP contribution in [0.5, 0.6) is 0 Å². The maximum Gasteiger partial charge on any atom is 0.256 e. The smallest absolute Gasteiger partial charge is 0.256 e. The monoisotopic (exact) mass is 309 g/mol. The van der Waals surface area contributed by atoms with E-state index in [1.165, 1.54) is 24.4 Å². The fourth-order valence-electron chi connectivity index (χ4n) is 1.36. The quantitative estimate of drug-likeness (QED) is 0.896. The lowest BCUT2D eigenvalue weighted by Gasteiger charge is -2.07. The zero-order valence-corrected chi connectivity index (χ0v) is 10.7. The molecular weight excluding hydrogens is 301 g/mol. The second-order valence-electron chi connectivity index (χ2n) is 3.53. The van der Waals surface area contributed by atoms with Crippen molar-refractivity contribution >= 4 is 33.3 Å². The number of hydrogen-bond donors (Lipinski definition) is 2. The summed E-state index contributed by atoms with van der Waals surface area (Å²) >= 11 is 3.03. The molecule has 2 aromatic rings. The predicted octanol–water partition coefficient (Wildman–Crippen LogP) is 2.82. The highest BCUT2D eigenvalue weighted by Gasteiger charge is 2.13. The van der Waals surface area contributed by atoms with Crippen LogP contribution < -0.4 is 11.1 Å². The average molecular weight is 310 g/mol. The van der Waals surface area contributed by atoms with Crippen molar-refractivity contribution in [2.45, 2.75) is 0 Å². The van der Waals surface area contributed by atoms with Gasteiger partial charge in [-0.1, -0.05) is 6.07 Å². The summed E-state index contributed by atoms with van der Waals surface area (Å²) in [5.74, 6) is -0.550. The van der Waals surface area contributed by atoms with Gasteiger partial charge in [0.25, 0.3) is 5.91 Å². The van der Waals surface area contributed by atoms with Crippen molar-refractivity contribution < 1.29 is 9.18 Å². The van der Waals surface area contributed by atoms with E-state index in [-0.39, 0.29) is 10.0 Å². The van der Waals surface area contributed by atoms with Gasteiger partial charge in [-0.3, -0.25) is 4.79 Å². The lowest BCUT2D eigenvalue weighted by Crippen LogP contribution is -2.13. The van der Waals surface area contributed by atoms with Crippen molar-refractivity contribution in [2.75, 3.05) is 11.1 Å². The molecule has 1 amide bonds. The number of amides is 1. The van der Waals surface area contributed by atoms with E-state index in [1.807, 2.05) is 0 Å². The van der Waals surface area contributed by atoms with Crippen LogP contribution in [-0.2, 0) is 0 Å². The molecule has 1 aromatic heterocycles. The first kappa shape index (κ1) is 12.5. The minimum Gasteiger partial charge on any atom is -0.384 e. The van der Waals surface area contributed by atoms with E-state index in [0.29, 0.717) is 11.5 Å². The van der Waals surface area contributed by atoms with Crippen molar-refractivity contribution in [3.63, 3.8) is 0 Å². The van der Waals surface area contributed by atoms with Crippen molar-refractivity contribution in [1.82, 2.24) is 4.98 Å². The van der Waals surface area contributed by atoms with Crippen LogP contribution in [0.2, 0.25) is 0 Å². The van der Waals surface area contributed by atoms with E-state index in [2.05, 4.69) is 26.2 Å². The minimum atomic E-state index is -0.488. The molecule has 1 heterocycles. The van der Waals surface area contributed by atoms with Gasteiger partial charge in [0.1, 0.15) is 11.6 Å². The van der Waals surface area contributed by atoms with Gasteiger partial charge < -0.3 is 11.1 Å². The van der Waals surface area contributed by atoms with Gasteiger partial charge in [0.05, 0.1) is 21.9 Å². The number of anilines is 2. The predicted molar refractivity (Wildman–Crippen MR) is 70.7 cm³/mol. The number of nitrogen functional groups attached to an aromatic ring is 1. The molecule has 0 saturated carbocycles. The molecule has 0 saturated heterocycles. The van der Waals surface area contributed by atoms with E-state index >= 15 is 0 Å². The molecule has 0 aliphatic rings. The lowest BCUT2D eigenvalue weighted by atomic mass is 10.2. The minimum absolute atomic E-state index is 0.130. The average Bonchev–Trinajstić information content (AvgIpc) is 2.35. The molecule has 18 heavy (non-hydrogen) atoms. The lowest BCUT2D eigenvalue weighted by molar-refractivity contribution is 0.102. The van der Waals surface area contributed by atoms with E-state index in [9.17, 15) is 9.18 Å². The van der Waals surface area contributed by atoms with E-state index in [1.54, 1.807) is 12.1 Å². The molecule has 0 aliphatic heterocycles. The summed E-state index contributed by atoms with van der Waals surface area (Å²) in [4.78, 5) is 15.7. The maximum atomic E-state index is 13.3. The molecule has 1 aromatic carbocycles. The molecule has 92 valence electrons. The van der Waals surface area contributed by atoms with Crippen LogP contribution in [0, 0.1) is 5.82 Å². The topological polar surface area (TPSA) is 68.0 Å². The fourth-order valence-corrected chi connectivity index (χ4v) is 1.80. The molecule has 0 aliphatic carbocycles. The number of nitrogens with zero attached hydrogens (tertiary/aromatic N) is 1. The van der Waals surface area contributed by atoms with Crippen molar-refractivity contribution in [3.8, 4) is 0 Å². The van der Waals surface area contributed by atoms with Crippen LogP contribution in [0.4, 0.5) is 15.9 Å². The number of halogens is 2. The summed E-state index contributed by atoms with van der Waals surface area (Å²) in [6.07, 6.45) is 1.43. The summed E-state index contributed by atoms with van der Waals surface area (Å²) in [6, 6.07) is 7.44. The van der Waals surface area contributed by atoms with Gasteiger partial charge in [0.15, 0.2) is 0 Å². The molecule has 2 rings (SSSR count). The fraction of sp³-hybridized carbons (Fsp3) is 0. The van der Waals surface area contributed by atoms with Crippen LogP contribution in [0.25, 0.3) is 0 Å². The third-order valence-corrected chi connectivity index (χ3v) is 3.05. The standard InChI is InChI=1S/C12H9BrFN3O/c13-11-8(2-1-3-9(11)14)12(18)17-7-4-5-10(15)16-6-7/h1-6H,(H2,15,16)(H,17,18). The van der Waals surface area contributed by atoms with Crippen LogP contribution in [0.3, 0.4) is 0 Å². The van der Waals surface area contributed by atoms with Gasteiger partial charge in [0, 0.05) is 0 Å². The Labute approximate surface area is 111 Å². The Morgan fingerprint density at radius 1 is 1.33 bits per heavy atom. The largest absolute Gasteiger partial charge is 0.384 e. The Balaban J connectivity index is 2.22. The Kier molecular flexibility index (Phi) is 3.57. The normalized spacial score (nSPS) is 10.1. The van der Waals surface area contributed by atoms with Crippen molar-refractivity contribution in [2.24, 2.45) is 0 Å². The number of rotatable bonds is 2. The molecule has 0 atom stereocenters. The maximum absolute atomic E-state index is 13.3. The number of carbonyl (C=O) groups excluding carboxylic acids is 1. The molecule has 0 unspecified atom stereocenters. The first-order valence-electron chi connectivity index (χ1n) is 5.05. The highest BCUT2D eigenvalue weighted by atomic mass is 79.9. The van der Waals surface area contributed by atoms with Gasteiger partial charge >= 0.3 is 0 Å². The molecule has 0 spiro atoms. The van der Waals surface area contributed by atoms with Gasteiger partial charge in [-0.25, -0.2) is 9.37 Å². The second kappa shape index (κ2) is 5.14. The first-order chi connectivity index (χ1) is 8.58. The number of aromatic nitrogens is 1. The number of benzene rings is 1. The van der Waals surface area contributed by atoms with Crippen molar-refractivity contribution in [3.05, 3.63) is 52.4 Å². The SMILES string of the molecule is Nc1ccc(NC(=O)c2cccc(F)c2Br)cn1. The van der Waals surface area contributed by atoms with Gasteiger partial charge in [-0.05, 0) is 40.2 Å². The zero-order valence-electron chi connectivity index (χ0n) is 9.15. The molecule has 0 radical (unpaired) electrons. The van der Waals surface area contributed by atoms with E-state index in [0.717, 1.165) is 0 Å². The zero-order chi connectivity index (χ0) is 13.1. The van der Waals surface area contributed by atoms with Crippen LogP contribution in [0.15, 0.2) is 41.0 Å². The number of nitrogens with one attached hydrogen (secondary N) is 1. The van der Waals surface area contributed by atoms with Crippen LogP contribution >= 0.6 is 15.9 Å². The van der Waals surface area contributed by atoms with Crippen molar-refractivity contribution in [1.29, 1.82) is 0 Å².